The van der Waals surface area contributed by atoms with Gasteiger partial charge >= 0.3 is 0 Å². The third-order valence-corrected chi connectivity index (χ3v) is 8.33. The molecule has 0 bridgehead atoms. The van der Waals surface area contributed by atoms with Crippen LogP contribution in [0.3, 0.4) is 0 Å². The van der Waals surface area contributed by atoms with Gasteiger partial charge in [0.25, 0.3) is 0 Å². The first-order valence-electron chi connectivity index (χ1n) is 11.6. The Labute approximate surface area is 174 Å². The van der Waals surface area contributed by atoms with Crippen LogP contribution in [0.25, 0.3) is 0 Å². The zero-order chi connectivity index (χ0) is 19.7. The van der Waals surface area contributed by atoms with Gasteiger partial charge < -0.3 is 0 Å². The molecule has 0 amide bonds. The zero-order valence-electron chi connectivity index (χ0n) is 18.5. The highest BCUT2D eigenvalue weighted by Gasteiger charge is 2.35. The molecule has 0 saturated heterocycles. The number of benzene rings is 1. The lowest BCUT2D eigenvalue weighted by atomic mass is 9.65. The third kappa shape index (κ3) is 4.77. The van der Waals surface area contributed by atoms with Gasteiger partial charge in [0.15, 0.2) is 0 Å². The molecule has 1 aromatic rings. The van der Waals surface area contributed by atoms with E-state index in [4.69, 9.17) is 12.6 Å². The molecule has 2 aliphatic rings. The van der Waals surface area contributed by atoms with Crippen LogP contribution in [0.15, 0.2) is 23.1 Å². The van der Waals surface area contributed by atoms with Gasteiger partial charge in [-0.15, -0.1) is 12.6 Å². The van der Waals surface area contributed by atoms with Crippen molar-refractivity contribution in [2.75, 3.05) is 0 Å². The Morgan fingerprint density at radius 3 is 1.85 bits per heavy atom. The molecule has 0 radical (unpaired) electrons. The van der Waals surface area contributed by atoms with Crippen molar-refractivity contribution in [3.8, 4) is 0 Å². The normalized spacial score (nSPS) is 35.0. The second-order valence-electron chi connectivity index (χ2n) is 10.7. The van der Waals surface area contributed by atoms with Crippen LogP contribution in [-0.2, 0) is 0 Å². The minimum Gasteiger partial charge on any atom is -0.143 e. The lowest BCUT2D eigenvalue weighted by Gasteiger charge is -2.40. The van der Waals surface area contributed by atoms with Gasteiger partial charge in [-0.3, -0.25) is 0 Å². The van der Waals surface area contributed by atoms with Gasteiger partial charge in [-0.25, -0.2) is 0 Å². The third-order valence-electron chi connectivity index (χ3n) is 7.92. The summed E-state index contributed by atoms with van der Waals surface area (Å²) in [7, 11) is 0. The van der Waals surface area contributed by atoms with Crippen molar-refractivity contribution in [3.05, 3.63) is 29.3 Å². The van der Waals surface area contributed by atoms with E-state index in [2.05, 4.69) is 59.7 Å². The SMILES string of the molecule is CC1CCC(C(C)C)C(c2ccc(S)c(C3CC(C)CCC3C(C)C)c2)C1. The van der Waals surface area contributed by atoms with E-state index in [0.717, 1.165) is 41.4 Å². The van der Waals surface area contributed by atoms with E-state index in [1.165, 1.54) is 43.4 Å². The average molecular weight is 387 g/mol. The molecular weight excluding hydrogens is 344 g/mol. The first-order valence-corrected chi connectivity index (χ1v) is 12.0. The van der Waals surface area contributed by atoms with Gasteiger partial charge in [0.1, 0.15) is 0 Å². The summed E-state index contributed by atoms with van der Waals surface area (Å²) in [5, 5.41) is 0. The highest BCUT2D eigenvalue weighted by atomic mass is 32.1. The Kier molecular flexibility index (Phi) is 7.04. The summed E-state index contributed by atoms with van der Waals surface area (Å²) in [5.74, 6) is 6.33. The fourth-order valence-corrected chi connectivity index (χ4v) is 6.55. The summed E-state index contributed by atoms with van der Waals surface area (Å²) in [5.41, 5.74) is 3.16. The topological polar surface area (TPSA) is 0 Å². The summed E-state index contributed by atoms with van der Waals surface area (Å²) in [6.07, 6.45) is 8.30. The van der Waals surface area contributed by atoms with Crippen LogP contribution >= 0.6 is 12.6 Å². The van der Waals surface area contributed by atoms with Crippen molar-refractivity contribution in [1.82, 2.24) is 0 Å². The van der Waals surface area contributed by atoms with E-state index in [1.54, 1.807) is 11.1 Å². The molecule has 1 aromatic carbocycles. The molecule has 0 aliphatic heterocycles. The Hall–Kier alpha value is -0.430. The van der Waals surface area contributed by atoms with Crippen LogP contribution in [0.5, 0.6) is 0 Å². The fraction of sp³-hybridized carbons (Fsp3) is 0.769. The standard InChI is InChI=1S/C26H42S/c1-16(2)21-10-7-18(5)13-23(21)20-9-12-26(27)25(15-20)24-14-19(6)8-11-22(24)17(3)4/h9,12,15-19,21-24,27H,7-8,10-11,13-14H2,1-6H3. The molecule has 2 aliphatic carbocycles. The minimum absolute atomic E-state index is 0.694. The van der Waals surface area contributed by atoms with Crippen LogP contribution in [0.4, 0.5) is 0 Å². The lowest BCUT2D eigenvalue weighted by molar-refractivity contribution is 0.192. The van der Waals surface area contributed by atoms with Crippen LogP contribution in [0, 0.1) is 35.5 Å². The van der Waals surface area contributed by atoms with Gasteiger partial charge in [0.05, 0.1) is 0 Å². The first-order chi connectivity index (χ1) is 12.8. The second kappa shape index (κ2) is 8.93. The molecular formula is C26H42S. The molecule has 6 unspecified atom stereocenters. The van der Waals surface area contributed by atoms with Gasteiger partial charge in [0.2, 0.25) is 0 Å². The Morgan fingerprint density at radius 2 is 1.30 bits per heavy atom. The number of rotatable bonds is 4. The second-order valence-corrected chi connectivity index (χ2v) is 11.2. The van der Waals surface area contributed by atoms with Gasteiger partial charge in [0, 0.05) is 4.90 Å². The zero-order valence-corrected chi connectivity index (χ0v) is 19.4. The molecule has 3 rings (SSSR count). The van der Waals surface area contributed by atoms with Crippen LogP contribution in [0.1, 0.15) is 103 Å². The molecule has 0 spiro atoms. The Balaban J connectivity index is 1.95. The Bertz CT molecular complexity index is 617. The number of hydrogen-bond acceptors (Lipinski definition) is 1. The average Bonchev–Trinajstić information content (AvgIpc) is 2.61. The van der Waals surface area contributed by atoms with Crippen molar-refractivity contribution < 1.29 is 0 Å². The van der Waals surface area contributed by atoms with Gasteiger partial charge in [-0.1, -0.05) is 66.5 Å². The van der Waals surface area contributed by atoms with Crippen molar-refractivity contribution in [2.45, 2.75) is 96.8 Å². The van der Waals surface area contributed by atoms with E-state index in [0.29, 0.717) is 5.92 Å². The summed E-state index contributed by atoms with van der Waals surface area (Å²) in [4.78, 5) is 1.23. The predicted molar refractivity (Wildman–Crippen MR) is 122 cm³/mol. The molecule has 0 aromatic heterocycles. The van der Waals surface area contributed by atoms with Crippen molar-refractivity contribution >= 4 is 12.6 Å². The highest BCUT2D eigenvalue weighted by Crippen LogP contribution is 2.48. The molecule has 27 heavy (non-hydrogen) atoms. The van der Waals surface area contributed by atoms with E-state index < -0.39 is 0 Å². The summed E-state index contributed by atoms with van der Waals surface area (Å²) in [6.45, 7) is 14.6. The molecule has 0 N–H and O–H groups in total. The van der Waals surface area contributed by atoms with E-state index in [9.17, 15) is 0 Å². The molecule has 0 heterocycles. The highest BCUT2D eigenvalue weighted by molar-refractivity contribution is 7.80. The first kappa shape index (κ1) is 21.3. The molecule has 1 heteroatoms. The molecule has 6 atom stereocenters. The maximum atomic E-state index is 4.94. The number of thiol groups is 1. The fourth-order valence-electron chi connectivity index (χ4n) is 6.25. The van der Waals surface area contributed by atoms with Gasteiger partial charge in [-0.2, -0.15) is 0 Å². The smallest absolute Gasteiger partial charge is 0.00751 e. The monoisotopic (exact) mass is 386 g/mol. The summed E-state index contributed by atoms with van der Waals surface area (Å²) >= 11 is 4.94. The van der Waals surface area contributed by atoms with Crippen molar-refractivity contribution in [2.24, 2.45) is 35.5 Å². The molecule has 2 saturated carbocycles. The van der Waals surface area contributed by atoms with Crippen molar-refractivity contribution in [3.63, 3.8) is 0 Å². The lowest BCUT2D eigenvalue weighted by Crippen LogP contribution is -2.28. The summed E-state index contributed by atoms with van der Waals surface area (Å²) in [6, 6.07) is 7.32. The van der Waals surface area contributed by atoms with E-state index in [-0.39, 0.29) is 0 Å². The van der Waals surface area contributed by atoms with Gasteiger partial charge in [-0.05, 0) is 90.2 Å². The molecule has 152 valence electrons. The van der Waals surface area contributed by atoms with Crippen LogP contribution in [0.2, 0.25) is 0 Å². The molecule has 2 fully saturated rings. The maximum absolute atomic E-state index is 4.94. The van der Waals surface area contributed by atoms with Crippen molar-refractivity contribution in [1.29, 1.82) is 0 Å². The Morgan fingerprint density at radius 1 is 0.778 bits per heavy atom. The predicted octanol–water partition coefficient (Wildman–Crippen LogP) is 8.33. The summed E-state index contributed by atoms with van der Waals surface area (Å²) < 4.78 is 0. The van der Waals surface area contributed by atoms with Crippen LogP contribution < -0.4 is 0 Å². The largest absolute Gasteiger partial charge is 0.143 e. The van der Waals surface area contributed by atoms with E-state index >= 15 is 0 Å². The number of hydrogen-bond donors (Lipinski definition) is 1. The quantitative estimate of drug-likeness (QED) is 0.494. The van der Waals surface area contributed by atoms with Crippen LogP contribution in [-0.4, -0.2) is 0 Å². The maximum Gasteiger partial charge on any atom is 0.00751 e. The van der Waals surface area contributed by atoms with E-state index in [1.807, 2.05) is 0 Å². The minimum atomic E-state index is 0.694. The molecule has 0 nitrogen and oxygen atoms in total.